The van der Waals surface area contributed by atoms with Gasteiger partial charge in [0.05, 0.1) is 11.9 Å². The normalized spacial score (nSPS) is 10.4. The molecule has 0 aliphatic rings. The van der Waals surface area contributed by atoms with E-state index in [1.54, 1.807) is 18.5 Å². The van der Waals surface area contributed by atoms with E-state index in [0.717, 1.165) is 11.3 Å². The van der Waals surface area contributed by atoms with Crippen LogP contribution in [-0.4, -0.2) is 16.9 Å². The second kappa shape index (κ2) is 7.86. The van der Waals surface area contributed by atoms with Crippen LogP contribution in [0, 0.1) is 12.3 Å². The minimum Gasteiger partial charge on any atom is -0.370 e. The molecule has 0 unspecified atom stereocenters. The molecule has 21 heavy (non-hydrogen) atoms. The van der Waals surface area contributed by atoms with Crippen molar-refractivity contribution in [1.29, 1.82) is 5.41 Å². The van der Waals surface area contributed by atoms with Gasteiger partial charge in [-0.25, -0.2) is 4.99 Å². The van der Waals surface area contributed by atoms with Gasteiger partial charge in [-0.15, -0.1) is 12.4 Å². The van der Waals surface area contributed by atoms with Gasteiger partial charge < -0.3 is 11.1 Å². The number of aromatic nitrogens is 1. The van der Waals surface area contributed by atoms with Crippen LogP contribution >= 0.6 is 12.4 Å². The number of pyridine rings is 1. The van der Waals surface area contributed by atoms with E-state index >= 15 is 0 Å². The van der Waals surface area contributed by atoms with Gasteiger partial charge >= 0.3 is 0 Å². The summed E-state index contributed by atoms with van der Waals surface area (Å²) in [4.78, 5) is 8.34. The van der Waals surface area contributed by atoms with E-state index in [1.165, 1.54) is 0 Å². The molecule has 0 fully saturated rings. The van der Waals surface area contributed by atoms with Gasteiger partial charge in [0.2, 0.25) is 5.96 Å². The Morgan fingerprint density at radius 2 is 2.00 bits per heavy atom. The molecule has 0 saturated carbocycles. The Kier molecular flexibility index (Phi) is 6.16. The fourth-order valence-corrected chi connectivity index (χ4v) is 1.60. The zero-order chi connectivity index (χ0) is 14.4. The standard InChI is InChI=1S/C14H16N6.ClH/c1-10-5-2-3-7-12(10)19-14(20-13(15)16)18-11-6-4-8-17-9-11;/h2-9H,1H3,(H5,15,16,18,19,20);1H. The van der Waals surface area contributed by atoms with Crippen molar-refractivity contribution in [2.75, 3.05) is 5.32 Å². The number of halogens is 1. The smallest absolute Gasteiger partial charge is 0.207 e. The number of benzene rings is 1. The lowest BCUT2D eigenvalue weighted by Crippen LogP contribution is -2.40. The second-order valence-electron chi connectivity index (χ2n) is 4.15. The zero-order valence-electron chi connectivity index (χ0n) is 11.5. The molecule has 110 valence electrons. The highest BCUT2D eigenvalue weighted by Gasteiger charge is 2.04. The average Bonchev–Trinajstić information content (AvgIpc) is 2.42. The van der Waals surface area contributed by atoms with Crippen LogP contribution < -0.4 is 16.4 Å². The Labute approximate surface area is 129 Å². The van der Waals surface area contributed by atoms with Crippen LogP contribution in [0.3, 0.4) is 0 Å². The summed E-state index contributed by atoms with van der Waals surface area (Å²) in [7, 11) is 0. The monoisotopic (exact) mass is 304 g/mol. The highest BCUT2D eigenvalue weighted by atomic mass is 35.5. The molecule has 0 atom stereocenters. The summed E-state index contributed by atoms with van der Waals surface area (Å²) in [5.74, 6) is 0.188. The molecule has 1 aromatic heterocycles. The van der Waals surface area contributed by atoms with Gasteiger partial charge in [-0.2, -0.15) is 0 Å². The molecule has 0 aliphatic heterocycles. The van der Waals surface area contributed by atoms with Crippen LogP contribution in [0.4, 0.5) is 11.4 Å². The van der Waals surface area contributed by atoms with E-state index in [2.05, 4.69) is 20.6 Å². The maximum absolute atomic E-state index is 7.34. The van der Waals surface area contributed by atoms with Crippen molar-refractivity contribution in [2.45, 2.75) is 6.92 Å². The molecular formula is C14H17ClN6. The minimum absolute atomic E-state index is 0. The Hall–Kier alpha value is -2.60. The summed E-state index contributed by atoms with van der Waals surface area (Å²) >= 11 is 0. The van der Waals surface area contributed by atoms with Crippen LogP contribution in [0.1, 0.15) is 5.56 Å². The zero-order valence-corrected chi connectivity index (χ0v) is 12.3. The molecule has 7 heteroatoms. The molecule has 6 nitrogen and oxygen atoms in total. The van der Waals surface area contributed by atoms with Crippen LogP contribution in [0.15, 0.2) is 53.8 Å². The number of nitrogens with zero attached hydrogens (tertiary/aromatic N) is 2. The first-order valence-electron chi connectivity index (χ1n) is 6.07. The molecule has 1 heterocycles. The van der Waals surface area contributed by atoms with Gasteiger partial charge in [-0.1, -0.05) is 18.2 Å². The Morgan fingerprint density at radius 1 is 1.24 bits per heavy atom. The highest BCUT2D eigenvalue weighted by molar-refractivity contribution is 6.05. The van der Waals surface area contributed by atoms with E-state index in [4.69, 9.17) is 11.1 Å². The van der Waals surface area contributed by atoms with Crippen LogP contribution in [-0.2, 0) is 0 Å². The number of aryl methyl sites for hydroxylation is 1. The van der Waals surface area contributed by atoms with Crippen molar-refractivity contribution in [1.82, 2.24) is 10.3 Å². The SMILES string of the molecule is Cc1ccccc1NC(=Nc1cccnc1)NC(=N)N.Cl. The van der Waals surface area contributed by atoms with E-state index in [-0.39, 0.29) is 18.4 Å². The number of hydrogen-bond donors (Lipinski definition) is 4. The third-order valence-corrected chi connectivity index (χ3v) is 2.54. The van der Waals surface area contributed by atoms with Crippen molar-refractivity contribution in [3.63, 3.8) is 0 Å². The lowest BCUT2D eigenvalue weighted by molar-refractivity contribution is 1.21. The summed E-state index contributed by atoms with van der Waals surface area (Å²) in [6.45, 7) is 1.98. The van der Waals surface area contributed by atoms with Gasteiger partial charge in [0.25, 0.3) is 0 Å². The Bertz CT molecular complexity index is 626. The summed E-state index contributed by atoms with van der Waals surface area (Å²) in [6, 6.07) is 11.4. The number of guanidine groups is 2. The summed E-state index contributed by atoms with van der Waals surface area (Å²) in [6.07, 6.45) is 3.30. The third-order valence-electron chi connectivity index (χ3n) is 2.54. The van der Waals surface area contributed by atoms with Crippen molar-refractivity contribution < 1.29 is 0 Å². The first-order chi connectivity index (χ1) is 9.65. The van der Waals surface area contributed by atoms with Crippen LogP contribution in [0.2, 0.25) is 0 Å². The second-order valence-corrected chi connectivity index (χ2v) is 4.15. The molecule has 0 aliphatic carbocycles. The molecular weight excluding hydrogens is 288 g/mol. The molecule has 0 amide bonds. The highest BCUT2D eigenvalue weighted by Crippen LogP contribution is 2.14. The summed E-state index contributed by atoms with van der Waals surface area (Å²) in [5.41, 5.74) is 8.00. The number of rotatable bonds is 2. The number of anilines is 1. The van der Waals surface area contributed by atoms with Gasteiger partial charge in [0, 0.05) is 11.9 Å². The van der Waals surface area contributed by atoms with Crippen molar-refractivity contribution in [3.8, 4) is 0 Å². The number of aliphatic imine (C=N–C) groups is 1. The Morgan fingerprint density at radius 3 is 2.62 bits per heavy atom. The maximum Gasteiger partial charge on any atom is 0.207 e. The fraction of sp³-hybridized carbons (Fsp3) is 0.0714. The molecule has 0 radical (unpaired) electrons. The van der Waals surface area contributed by atoms with E-state index < -0.39 is 0 Å². The molecule has 0 saturated heterocycles. The maximum atomic E-state index is 7.34. The van der Waals surface area contributed by atoms with Gasteiger partial charge in [-0.3, -0.25) is 15.7 Å². The number of nitrogens with one attached hydrogen (secondary N) is 3. The molecule has 5 N–H and O–H groups in total. The van der Waals surface area contributed by atoms with Gasteiger partial charge in [0.1, 0.15) is 0 Å². The van der Waals surface area contributed by atoms with E-state index in [1.807, 2.05) is 37.3 Å². The lowest BCUT2D eigenvalue weighted by atomic mass is 10.2. The molecule has 1 aromatic carbocycles. The van der Waals surface area contributed by atoms with Gasteiger partial charge in [0.15, 0.2) is 5.96 Å². The quantitative estimate of drug-likeness (QED) is 0.505. The van der Waals surface area contributed by atoms with E-state index in [0.29, 0.717) is 11.6 Å². The number of para-hydroxylation sites is 1. The molecule has 2 aromatic rings. The predicted octanol–water partition coefficient (Wildman–Crippen LogP) is 2.39. The van der Waals surface area contributed by atoms with E-state index in [9.17, 15) is 0 Å². The summed E-state index contributed by atoms with van der Waals surface area (Å²) < 4.78 is 0. The minimum atomic E-state index is -0.186. The largest absolute Gasteiger partial charge is 0.370 e. The average molecular weight is 305 g/mol. The van der Waals surface area contributed by atoms with Crippen LogP contribution in [0.25, 0.3) is 0 Å². The van der Waals surface area contributed by atoms with Crippen molar-refractivity contribution in [2.24, 2.45) is 10.7 Å². The predicted molar refractivity (Wildman–Crippen MR) is 88.4 cm³/mol. The number of nitrogens with two attached hydrogens (primary N) is 1. The lowest BCUT2D eigenvalue weighted by Gasteiger charge is -2.12. The van der Waals surface area contributed by atoms with Crippen molar-refractivity contribution in [3.05, 3.63) is 54.4 Å². The number of hydrogen-bond acceptors (Lipinski definition) is 3. The first kappa shape index (κ1) is 16.5. The summed E-state index contributed by atoms with van der Waals surface area (Å²) in [5, 5.41) is 13.1. The molecule has 0 spiro atoms. The Balaban J connectivity index is 0.00000220. The third kappa shape index (κ3) is 5.12. The van der Waals surface area contributed by atoms with Crippen LogP contribution in [0.5, 0.6) is 0 Å². The van der Waals surface area contributed by atoms with Crippen molar-refractivity contribution >= 4 is 35.7 Å². The molecule has 2 rings (SSSR count). The molecule has 0 bridgehead atoms. The first-order valence-corrected chi connectivity index (χ1v) is 6.07. The fourth-order valence-electron chi connectivity index (χ4n) is 1.60. The topological polar surface area (TPSA) is 99.2 Å². The van der Waals surface area contributed by atoms with Gasteiger partial charge in [-0.05, 0) is 30.7 Å².